The Morgan fingerprint density at radius 1 is 1.17 bits per heavy atom. The molecule has 0 bridgehead atoms. The Labute approximate surface area is 172 Å². The summed E-state index contributed by atoms with van der Waals surface area (Å²) in [6, 6.07) is 13.5. The normalized spacial score (nSPS) is 12.4. The molecule has 0 saturated heterocycles. The van der Waals surface area contributed by atoms with Gasteiger partial charge in [-0.3, -0.25) is 4.79 Å². The quantitative estimate of drug-likeness (QED) is 0.654. The van der Waals surface area contributed by atoms with E-state index in [0.717, 1.165) is 22.2 Å². The summed E-state index contributed by atoms with van der Waals surface area (Å²) in [5, 5.41) is 13.8. The van der Waals surface area contributed by atoms with Crippen LogP contribution in [0.25, 0.3) is 10.9 Å². The molecular formula is C22H19N3O3S. The first kappa shape index (κ1) is 19.1. The molecular weight excluding hydrogens is 386 g/mol. The Hall–Kier alpha value is -3.24. The van der Waals surface area contributed by atoms with Gasteiger partial charge in [-0.1, -0.05) is 29.5 Å². The highest BCUT2D eigenvalue weighted by Crippen LogP contribution is 2.35. The lowest BCUT2D eigenvalue weighted by Gasteiger charge is -2.18. The lowest BCUT2D eigenvalue weighted by atomic mass is 10.1. The van der Waals surface area contributed by atoms with Gasteiger partial charge in [0, 0.05) is 17.1 Å². The van der Waals surface area contributed by atoms with Crippen molar-refractivity contribution in [3.05, 3.63) is 53.1 Å². The van der Waals surface area contributed by atoms with Gasteiger partial charge in [0.25, 0.3) is 0 Å². The molecule has 1 aromatic heterocycles. The summed E-state index contributed by atoms with van der Waals surface area (Å²) in [4.78, 5) is 17.0. The molecule has 2 aromatic carbocycles. The number of hydrogen-bond donors (Lipinski definition) is 1. The smallest absolute Gasteiger partial charge is 0.234 e. The Bertz CT molecular complexity index is 1150. The number of thioether (sulfide) groups is 1. The van der Waals surface area contributed by atoms with E-state index in [4.69, 9.17) is 9.47 Å². The molecule has 0 aliphatic carbocycles. The number of carbonyl (C=O) groups is 1. The minimum absolute atomic E-state index is 0.144. The number of nitrogens with zero attached hydrogens (tertiary/aromatic N) is 2. The molecule has 0 atom stereocenters. The van der Waals surface area contributed by atoms with Crippen molar-refractivity contribution in [1.82, 2.24) is 4.98 Å². The van der Waals surface area contributed by atoms with Crippen LogP contribution in [-0.2, 0) is 4.79 Å². The first-order chi connectivity index (χ1) is 14.0. The van der Waals surface area contributed by atoms with E-state index < -0.39 is 0 Å². The predicted octanol–water partition coefficient (Wildman–Crippen LogP) is 4.23. The van der Waals surface area contributed by atoms with E-state index in [0.29, 0.717) is 40.8 Å². The summed E-state index contributed by atoms with van der Waals surface area (Å²) >= 11 is 1.24. The van der Waals surface area contributed by atoms with Crippen LogP contribution in [-0.4, -0.2) is 29.9 Å². The Kier molecular flexibility index (Phi) is 5.28. The molecule has 146 valence electrons. The van der Waals surface area contributed by atoms with Gasteiger partial charge in [0.15, 0.2) is 11.5 Å². The van der Waals surface area contributed by atoms with Crippen molar-refractivity contribution in [3.63, 3.8) is 0 Å². The fraction of sp³-hybridized carbons (Fsp3) is 0.227. The van der Waals surface area contributed by atoms with Gasteiger partial charge in [0.05, 0.1) is 16.8 Å². The number of nitrogens with one attached hydrogen (secondary N) is 1. The molecule has 1 aliphatic rings. The van der Waals surface area contributed by atoms with Crippen LogP contribution in [0.3, 0.4) is 0 Å². The summed E-state index contributed by atoms with van der Waals surface area (Å²) in [6.45, 7) is 4.97. The zero-order valence-electron chi connectivity index (χ0n) is 16.1. The van der Waals surface area contributed by atoms with E-state index in [1.165, 1.54) is 11.8 Å². The third kappa shape index (κ3) is 4.13. The largest absolute Gasteiger partial charge is 0.486 e. The number of fused-ring (bicyclic) bond motifs is 2. The third-order valence-corrected chi connectivity index (χ3v) is 5.55. The monoisotopic (exact) mass is 405 g/mol. The Balaban J connectivity index is 1.53. The number of carbonyl (C=O) groups excluding carboxylic acids is 1. The fourth-order valence-electron chi connectivity index (χ4n) is 3.16. The first-order valence-corrected chi connectivity index (χ1v) is 10.2. The van der Waals surface area contributed by atoms with Gasteiger partial charge < -0.3 is 14.8 Å². The second kappa shape index (κ2) is 8.02. The van der Waals surface area contributed by atoms with Crippen molar-refractivity contribution in [1.29, 1.82) is 5.26 Å². The number of amides is 1. The van der Waals surface area contributed by atoms with Crippen LogP contribution < -0.4 is 14.8 Å². The van der Waals surface area contributed by atoms with Crippen LogP contribution in [0.5, 0.6) is 11.5 Å². The first-order valence-electron chi connectivity index (χ1n) is 9.18. The maximum Gasteiger partial charge on any atom is 0.234 e. The van der Waals surface area contributed by atoms with Crippen LogP contribution >= 0.6 is 11.8 Å². The molecule has 0 unspecified atom stereocenters. The highest BCUT2D eigenvalue weighted by molar-refractivity contribution is 8.00. The number of aromatic nitrogens is 1. The predicted molar refractivity (Wildman–Crippen MR) is 113 cm³/mol. The van der Waals surface area contributed by atoms with Crippen LogP contribution in [0.15, 0.2) is 41.4 Å². The molecule has 0 radical (unpaired) electrons. The van der Waals surface area contributed by atoms with E-state index in [-0.39, 0.29) is 11.7 Å². The number of nitriles is 1. The van der Waals surface area contributed by atoms with Gasteiger partial charge in [0.1, 0.15) is 24.3 Å². The molecule has 0 saturated carbocycles. The van der Waals surface area contributed by atoms with Crippen LogP contribution in [0.2, 0.25) is 0 Å². The van der Waals surface area contributed by atoms with E-state index >= 15 is 0 Å². The van der Waals surface area contributed by atoms with Gasteiger partial charge in [-0.15, -0.1) is 0 Å². The second-order valence-corrected chi connectivity index (χ2v) is 7.76. The molecule has 4 rings (SSSR count). The molecule has 7 heteroatoms. The van der Waals surface area contributed by atoms with Crippen molar-refractivity contribution in [2.24, 2.45) is 0 Å². The van der Waals surface area contributed by atoms with Crippen molar-refractivity contribution < 1.29 is 14.3 Å². The van der Waals surface area contributed by atoms with Gasteiger partial charge in [-0.25, -0.2) is 4.98 Å². The van der Waals surface area contributed by atoms with E-state index in [1.807, 2.05) is 44.2 Å². The van der Waals surface area contributed by atoms with Crippen LogP contribution in [0.1, 0.15) is 16.7 Å². The summed E-state index contributed by atoms with van der Waals surface area (Å²) in [6.07, 6.45) is 0. The molecule has 1 amide bonds. The summed E-state index contributed by atoms with van der Waals surface area (Å²) in [7, 11) is 0. The molecule has 6 nitrogen and oxygen atoms in total. The SMILES string of the molecule is Cc1ccc(NC(=O)CSc2nc3cc4c(cc3cc2C#N)OCCO4)c(C)c1. The van der Waals surface area contributed by atoms with Gasteiger partial charge >= 0.3 is 0 Å². The number of aryl methyl sites for hydroxylation is 2. The number of benzene rings is 2. The summed E-state index contributed by atoms with van der Waals surface area (Å²) in [5.41, 5.74) is 4.07. The number of ether oxygens (including phenoxy) is 2. The fourth-order valence-corrected chi connectivity index (χ4v) is 3.92. The number of pyridine rings is 1. The molecule has 0 fully saturated rings. The molecule has 1 aliphatic heterocycles. The lowest BCUT2D eigenvalue weighted by Crippen LogP contribution is -2.15. The zero-order chi connectivity index (χ0) is 20.4. The van der Waals surface area contributed by atoms with Crippen LogP contribution in [0, 0.1) is 25.2 Å². The van der Waals surface area contributed by atoms with E-state index in [2.05, 4.69) is 16.4 Å². The maximum atomic E-state index is 12.4. The molecule has 3 aromatic rings. The maximum absolute atomic E-state index is 12.4. The average molecular weight is 405 g/mol. The molecule has 29 heavy (non-hydrogen) atoms. The van der Waals surface area contributed by atoms with E-state index in [1.54, 1.807) is 6.07 Å². The summed E-state index contributed by atoms with van der Waals surface area (Å²) < 4.78 is 11.2. The van der Waals surface area contributed by atoms with Crippen molar-refractivity contribution >= 4 is 34.3 Å². The molecule has 1 N–H and O–H groups in total. The van der Waals surface area contributed by atoms with Crippen LogP contribution in [0.4, 0.5) is 5.69 Å². The minimum Gasteiger partial charge on any atom is -0.486 e. The number of anilines is 1. The van der Waals surface area contributed by atoms with Crippen molar-refractivity contribution in [2.75, 3.05) is 24.3 Å². The van der Waals surface area contributed by atoms with E-state index in [9.17, 15) is 10.1 Å². The van der Waals surface area contributed by atoms with Crippen molar-refractivity contribution in [2.45, 2.75) is 18.9 Å². The highest BCUT2D eigenvalue weighted by atomic mass is 32.2. The zero-order valence-corrected chi connectivity index (χ0v) is 16.9. The number of hydrogen-bond acceptors (Lipinski definition) is 6. The minimum atomic E-state index is -0.144. The Morgan fingerprint density at radius 2 is 1.93 bits per heavy atom. The molecule has 0 spiro atoms. The molecule has 2 heterocycles. The standard InChI is InChI=1S/C22H19N3O3S/c1-13-3-4-17(14(2)7-13)24-21(26)12-29-22-16(11-23)8-15-9-19-20(10-18(15)25-22)28-6-5-27-19/h3-4,7-10H,5-6,12H2,1-2H3,(H,24,26). The summed E-state index contributed by atoms with van der Waals surface area (Å²) in [5.74, 6) is 1.31. The highest BCUT2D eigenvalue weighted by Gasteiger charge is 2.16. The average Bonchev–Trinajstić information content (AvgIpc) is 2.72. The number of rotatable bonds is 4. The second-order valence-electron chi connectivity index (χ2n) is 6.80. The van der Waals surface area contributed by atoms with Crippen molar-refractivity contribution in [3.8, 4) is 17.6 Å². The third-order valence-electron chi connectivity index (χ3n) is 4.56. The van der Waals surface area contributed by atoms with Gasteiger partial charge in [-0.05, 0) is 37.6 Å². The van der Waals surface area contributed by atoms with Gasteiger partial charge in [0.2, 0.25) is 5.91 Å². The van der Waals surface area contributed by atoms with Gasteiger partial charge in [-0.2, -0.15) is 5.26 Å². The Morgan fingerprint density at radius 3 is 2.66 bits per heavy atom. The lowest BCUT2D eigenvalue weighted by molar-refractivity contribution is -0.113. The topological polar surface area (TPSA) is 84.2 Å².